The van der Waals surface area contributed by atoms with E-state index >= 15 is 0 Å². The molecular weight excluding hydrogens is 802 g/mol. The molecular formula is C42H70BaO6S2. The van der Waals surface area contributed by atoms with Crippen LogP contribution in [0.15, 0.2) is 58.3 Å². The van der Waals surface area contributed by atoms with E-state index in [0.717, 1.165) is 36.8 Å². The van der Waals surface area contributed by atoms with Crippen LogP contribution in [-0.2, 0) is 33.1 Å². The molecule has 2 aromatic rings. The van der Waals surface area contributed by atoms with Gasteiger partial charge in [-0.15, -0.1) is 0 Å². The van der Waals surface area contributed by atoms with Gasteiger partial charge in [0, 0.05) is 0 Å². The zero-order valence-electron chi connectivity index (χ0n) is 32.4. The molecule has 0 heterocycles. The third-order valence-electron chi connectivity index (χ3n) is 9.51. The van der Waals surface area contributed by atoms with Gasteiger partial charge in [0.2, 0.25) is 0 Å². The molecule has 0 amide bonds. The van der Waals surface area contributed by atoms with E-state index < -0.39 is 20.2 Å². The van der Waals surface area contributed by atoms with Crippen LogP contribution in [0.4, 0.5) is 0 Å². The minimum absolute atomic E-state index is 0. The summed E-state index contributed by atoms with van der Waals surface area (Å²) in [6.45, 7) is 4.52. The normalized spacial score (nSPS) is 11.5. The Balaban J connectivity index is 0.000000962. The van der Waals surface area contributed by atoms with Crippen LogP contribution in [0, 0.1) is 0 Å². The second kappa shape index (κ2) is 33.2. The number of aryl methyl sites for hydroxylation is 2. The molecule has 288 valence electrons. The SMILES string of the molecule is CCCCCCCCCCCCCCCc1cccc(S(=O)(=O)[O-])c1.CCCCCCCCCCCCCCCc1cccc(S(=O)(=O)[O-])c1.[Ba+2]. The van der Waals surface area contributed by atoms with Crippen molar-refractivity contribution < 1.29 is 25.9 Å². The number of rotatable bonds is 30. The zero-order chi connectivity index (χ0) is 36.8. The molecule has 0 unspecified atom stereocenters. The molecule has 0 bridgehead atoms. The van der Waals surface area contributed by atoms with Crippen LogP contribution in [0.3, 0.4) is 0 Å². The number of benzene rings is 2. The fraction of sp³-hybridized carbons (Fsp3) is 0.714. The molecule has 9 heteroatoms. The van der Waals surface area contributed by atoms with Crippen LogP contribution in [0.25, 0.3) is 0 Å². The maximum absolute atomic E-state index is 11.0. The van der Waals surface area contributed by atoms with E-state index in [1.165, 1.54) is 178 Å². The summed E-state index contributed by atoms with van der Waals surface area (Å²) in [6.07, 6.45) is 36.0. The van der Waals surface area contributed by atoms with Crippen molar-refractivity contribution in [2.75, 3.05) is 0 Å². The first-order chi connectivity index (χ1) is 24.1. The van der Waals surface area contributed by atoms with Crippen molar-refractivity contribution in [2.24, 2.45) is 0 Å². The Morgan fingerprint density at radius 1 is 0.392 bits per heavy atom. The van der Waals surface area contributed by atoms with E-state index in [1.54, 1.807) is 12.1 Å². The second-order valence-electron chi connectivity index (χ2n) is 14.2. The fourth-order valence-electron chi connectivity index (χ4n) is 6.41. The van der Waals surface area contributed by atoms with Gasteiger partial charge in [-0.05, 0) is 61.1 Å². The summed E-state index contributed by atoms with van der Waals surface area (Å²) in [5.41, 5.74) is 1.89. The molecule has 0 aromatic heterocycles. The molecule has 0 saturated carbocycles. The average molecular weight is 872 g/mol. The third-order valence-corrected chi connectivity index (χ3v) is 11.2. The van der Waals surface area contributed by atoms with Gasteiger partial charge in [-0.1, -0.05) is 192 Å². The average Bonchev–Trinajstić information content (AvgIpc) is 3.09. The van der Waals surface area contributed by atoms with Crippen molar-refractivity contribution in [3.8, 4) is 0 Å². The van der Waals surface area contributed by atoms with E-state index in [4.69, 9.17) is 0 Å². The molecule has 0 aliphatic carbocycles. The summed E-state index contributed by atoms with van der Waals surface area (Å²) in [4.78, 5) is -0.223. The number of hydrogen-bond donors (Lipinski definition) is 0. The smallest absolute Gasteiger partial charge is 0.744 e. The first kappa shape index (κ1) is 50.8. The van der Waals surface area contributed by atoms with Crippen LogP contribution < -0.4 is 0 Å². The molecule has 2 rings (SSSR count). The van der Waals surface area contributed by atoms with Crippen molar-refractivity contribution in [1.29, 1.82) is 0 Å². The topological polar surface area (TPSA) is 114 Å². The Labute approximate surface area is 354 Å². The maximum atomic E-state index is 11.0. The second-order valence-corrected chi connectivity index (χ2v) is 16.9. The Kier molecular flexibility index (Phi) is 33.1. The molecule has 6 nitrogen and oxygen atoms in total. The summed E-state index contributed by atoms with van der Waals surface area (Å²) >= 11 is 0. The van der Waals surface area contributed by atoms with Crippen molar-refractivity contribution >= 4 is 69.1 Å². The first-order valence-corrected chi connectivity index (χ1v) is 23.0. The van der Waals surface area contributed by atoms with E-state index in [2.05, 4.69) is 13.8 Å². The zero-order valence-corrected chi connectivity index (χ0v) is 38.5. The molecule has 0 fully saturated rings. The Morgan fingerprint density at radius 3 is 0.863 bits per heavy atom. The Morgan fingerprint density at radius 2 is 0.627 bits per heavy atom. The standard InChI is InChI=1S/2C21H36O3S.Ba/c2*1-2-3-4-5-6-7-8-9-10-11-12-13-14-16-20-17-15-18-21(19-20)25(22,23)24;/h2*15,17-19H,2-14,16H2,1H3,(H,22,23,24);/q;;+2/p-2. The third kappa shape index (κ3) is 29.8. The molecule has 0 aliphatic heterocycles. The van der Waals surface area contributed by atoms with Crippen LogP contribution in [0.1, 0.15) is 192 Å². The van der Waals surface area contributed by atoms with Gasteiger partial charge in [0.25, 0.3) is 0 Å². The van der Waals surface area contributed by atoms with Gasteiger partial charge >= 0.3 is 48.9 Å². The van der Waals surface area contributed by atoms with E-state index in [-0.39, 0.29) is 58.7 Å². The minimum atomic E-state index is -4.33. The van der Waals surface area contributed by atoms with Gasteiger partial charge in [0.1, 0.15) is 20.2 Å². The molecule has 0 N–H and O–H groups in total. The largest absolute Gasteiger partial charge is 2.00 e. The Hall–Kier alpha value is -0.169. The minimum Gasteiger partial charge on any atom is -0.744 e. The molecule has 0 saturated heterocycles. The Bertz CT molecular complexity index is 1210. The van der Waals surface area contributed by atoms with Crippen molar-refractivity contribution in [3.05, 3.63) is 59.7 Å². The molecule has 2 aromatic carbocycles. The van der Waals surface area contributed by atoms with Crippen molar-refractivity contribution in [3.63, 3.8) is 0 Å². The molecule has 51 heavy (non-hydrogen) atoms. The van der Waals surface area contributed by atoms with Gasteiger partial charge in [-0.2, -0.15) is 0 Å². The summed E-state index contributed by atoms with van der Waals surface area (Å²) in [5, 5.41) is 0. The maximum Gasteiger partial charge on any atom is 2.00 e. The number of hydrogen-bond acceptors (Lipinski definition) is 6. The summed E-state index contributed by atoms with van der Waals surface area (Å²) in [5.74, 6) is 0. The predicted octanol–water partition coefficient (Wildman–Crippen LogP) is 12.1. The van der Waals surface area contributed by atoms with Crippen LogP contribution in [-0.4, -0.2) is 74.8 Å². The summed E-state index contributed by atoms with van der Waals surface area (Å²) < 4.78 is 66.1. The van der Waals surface area contributed by atoms with E-state index in [9.17, 15) is 25.9 Å². The van der Waals surface area contributed by atoms with Crippen molar-refractivity contribution in [2.45, 2.75) is 203 Å². The summed E-state index contributed by atoms with van der Waals surface area (Å²) in [6, 6.07) is 12.9. The van der Waals surface area contributed by atoms with Gasteiger partial charge in [0.15, 0.2) is 0 Å². The van der Waals surface area contributed by atoms with Gasteiger partial charge in [-0.25, -0.2) is 16.8 Å². The van der Waals surface area contributed by atoms with E-state index in [1.807, 2.05) is 12.1 Å². The van der Waals surface area contributed by atoms with Crippen molar-refractivity contribution in [1.82, 2.24) is 0 Å². The van der Waals surface area contributed by atoms with Gasteiger partial charge in [-0.3, -0.25) is 0 Å². The molecule has 0 atom stereocenters. The number of unbranched alkanes of at least 4 members (excludes halogenated alkanes) is 24. The molecule has 0 radical (unpaired) electrons. The monoisotopic (exact) mass is 872 g/mol. The van der Waals surface area contributed by atoms with Crippen LogP contribution in [0.5, 0.6) is 0 Å². The van der Waals surface area contributed by atoms with E-state index in [0.29, 0.717) is 0 Å². The predicted molar refractivity (Wildman–Crippen MR) is 213 cm³/mol. The van der Waals surface area contributed by atoms with Gasteiger partial charge in [0.05, 0.1) is 9.79 Å². The first-order valence-electron chi connectivity index (χ1n) is 20.2. The quantitative estimate of drug-likeness (QED) is 0.0439. The van der Waals surface area contributed by atoms with Gasteiger partial charge < -0.3 is 9.11 Å². The van der Waals surface area contributed by atoms with Crippen LogP contribution in [0.2, 0.25) is 0 Å². The van der Waals surface area contributed by atoms with Crippen LogP contribution >= 0.6 is 0 Å². The fourth-order valence-corrected chi connectivity index (χ4v) is 7.49. The molecule has 0 spiro atoms. The molecule has 0 aliphatic rings. The summed E-state index contributed by atoms with van der Waals surface area (Å²) in [7, 11) is -8.67.